The van der Waals surface area contributed by atoms with E-state index in [9.17, 15) is 0 Å². The van der Waals surface area contributed by atoms with Crippen LogP contribution in [0.3, 0.4) is 0 Å². The van der Waals surface area contributed by atoms with E-state index in [1.807, 2.05) is 0 Å². The predicted octanol–water partition coefficient (Wildman–Crippen LogP) is 24.7. The Labute approximate surface area is 582 Å². The van der Waals surface area contributed by atoms with Gasteiger partial charge in [-0.15, -0.1) is 0 Å². The maximum absolute atomic E-state index is 2.63. The van der Waals surface area contributed by atoms with Gasteiger partial charge in [0.2, 0.25) is 0 Å². The molecule has 26 rings (SSSR count). The Morgan fingerprint density at radius 1 is 0.176 bits per heavy atom. The number of hydrogen-bond donors (Lipinski definition) is 0. The fraction of sp³-hybridized carbons (Fsp3) is 0.0204. The lowest BCUT2D eigenvalue weighted by molar-refractivity contribution is 0.769. The quantitative estimate of drug-likeness (QED) is 0.163. The van der Waals surface area contributed by atoms with Gasteiger partial charge in [0.1, 0.15) is 0 Å². The zero-order chi connectivity index (χ0) is 65.7. The van der Waals surface area contributed by atoms with Crippen molar-refractivity contribution in [1.29, 1.82) is 0 Å². The molecule has 0 spiro atoms. The Hall–Kier alpha value is -13.3. The minimum absolute atomic E-state index is 0.525. The molecule has 0 N–H and O–H groups in total. The molecule has 4 nitrogen and oxygen atoms in total. The number of fused-ring (bicyclic) bond motifs is 33. The number of aromatic nitrogens is 4. The summed E-state index contributed by atoms with van der Waals surface area (Å²) in [4.78, 5) is 0. The van der Waals surface area contributed by atoms with Crippen LogP contribution in [0.25, 0.3) is 186 Å². The first-order valence-corrected chi connectivity index (χ1v) is 35.8. The van der Waals surface area contributed by atoms with E-state index in [0.29, 0.717) is 0 Å². The lowest BCUT2D eigenvalue weighted by Crippen LogP contribution is -2.28. The molecule has 1 unspecified atom stereocenters. The van der Waals surface area contributed by atoms with Crippen LogP contribution < -0.4 is 0 Å². The van der Waals surface area contributed by atoms with E-state index in [4.69, 9.17) is 0 Å². The Kier molecular flexibility index (Phi) is 9.39. The molecule has 0 amide bonds. The zero-order valence-electron chi connectivity index (χ0n) is 55.0. The van der Waals surface area contributed by atoms with Gasteiger partial charge in [-0.1, -0.05) is 273 Å². The molecule has 0 radical (unpaired) electrons. The second kappa shape index (κ2) is 18.1. The van der Waals surface area contributed by atoms with Crippen LogP contribution in [-0.2, 0) is 10.8 Å². The van der Waals surface area contributed by atoms with Gasteiger partial charge in [-0.3, -0.25) is 0 Å². The van der Waals surface area contributed by atoms with Crippen molar-refractivity contribution in [2.45, 2.75) is 10.8 Å². The lowest BCUT2D eigenvalue weighted by Gasteiger charge is -2.34. The van der Waals surface area contributed by atoms with E-state index < -0.39 is 10.8 Å². The average Bonchev–Trinajstić information content (AvgIpc) is 1.50. The number of para-hydroxylation sites is 5. The zero-order valence-corrected chi connectivity index (χ0v) is 55.0. The van der Waals surface area contributed by atoms with Crippen LogP contribution in [0.15, 0.2) is 328 Å². The lowest BCUT2D eigenvalue weighted by atomic mass is 9.67. The summed E-state index contributed by atoms with van der Waals surface area (Å²) < 4.78 is 10.4. The molecule has 1 atom stereocenters. The molecule has 4 heteroatoms. The van der Waals surface area contributed by atoms with E-state index >= 15 is 0 Å². The number of rotatable bonds is 5. The maximum atomic E-state index is 2.63. The van der Waals surface area contributed by atoms with Crippen LogP contribution in [0.4, 0.5) is 0 Å². The van der Waals surface area contributed by atoms with Gasteiger partial charge in [0.15, 0.2) is 0 Å². The molecule has 0 saturated heterocycles. The van der Waals surface area contributed by atoms with Gasteiger partial charge in [-0.05, 0) is 132 Å². The first-order valence-electron chi connectivity index (χ1n) is 35.8. The predicted molar refractivity (Wildman–Crippen MR) is 425 cm³/mol. The summed E-state index contributed by atoms with van der Waals surface area (Å²) in [7, 11) is 0. The molecule has 16 aromatic carbocycles. The minimum atomic E-state index is -0.642. The van der Waals surface area contributed by atoms with Crippen LogP contribution in [0, 0.1) is 0 Å². The topological polar surface area (TPSA) is 17.6 Å². The van der Waals surface area contributed by atoms with E-state index in [2.05, 4.69) is 345 Å². The van der Waals surface area contributed by atoms with E-state index in [-0.39, 0.29) is 0 Å². The molecule has 0 saturated carbocycles. The van der Waals surface area contributed by atoms with Crippen molar-refractivity contribution >= 4 is 152 Å². The fourth-order valence-corrected chi connectivity index (χ4v) is 21.5. The van der Waals surface area contributed by atoms with Crippen LogP contribution >= 0.6 is 0 Å². The first kappa shape index (κ1) is 52.8. The molecule has 24 aromatic rings. The largest absolute Gasteiger partial charge is 0.308 e. The normalized spacial score (nSPS) is 15.2. The van der Waals surface area contributed by atoms with Crippen LogP contribution in [0.2, 0.25) is 0 Å². The van der Waals surface area contributed by atoms with Gasteiger partial charge >= 0.3 is 0 Å². The second-order valence-corrected chi connectivity index (χ2v) is 29.1. The van der Waals surface area contributed by atoms with Crippen molar-refractivity contribution in [3.05, 3.63) is 372 Å². The van der Waals surface area contributed by atoms with Gasteiger partial charge in [-0.2, -0.15) is 0 Å². The molecule has 8 heterocycles. The molecule has 2 aliphatic rings. The highest BCUT2D eigenvalue weighted by Gasteiger charge is 2.49. The van der Waals surface area contributed by atoms with E-state index in [1.165, 1.54) is 230 Å². The summed E-state index contributed by atoms with van der Waals surface area (Å²) in [5, 5.41) is 20.8. The van der Waals surface area contributed by atoms with Gasteiger partial charge in [-0.25, -0.2) is 0 Å². The number of nitrogens with zero attached hydrogens (tertiary/aromatic N) is 4. The molecule has 102 heavy (non-hydrogen) atoms. The second-order valence-electron chi connectivity index (χ2n) is 29.1. The fourth-order valence-electron chi connectivity index (χ4n) is 21.5. The van der Waals surface area contributed by atoms with Crippen LogP contribution in [-0.4, -0.2) is 17.6 Å². The highest BCUT2D eigenvalue weighted by atomic mass is 15.0. The summed E-state index contributed by atoms with van der Waals surface area (Å²) in [6, 6.07) is 126. The third-order valence-electron chi connectivity index (χ3n) is 25.0. The number of hydrogen-bond acceptors (Lipinski definition) is 0. The van der Waals surface area contributed by atoms with E-state index in [0.717, 1.165) is 0 Å². The third kappa shape index (κ3) is 5.83. The molecule has 0 fully saturated rings. The third-order valence-corrected chi connectivity index (χ3v) is 25.0. The summed E-state index contributed by atoms with van der Waals surface area (Å²) >= 11 is 0. The van der Waals surface area contributed by atoms with Crippen LogP contribution in [0.5, 0.6) is 0 Å². The molecule has 0 bridgehead atoms. The van der Waals surface area contributed by atoms with Crippen molar-refractivity contribution in [3.63, 3.8) is 0 Å². The Morgan fingerprint density at radius 3 is 1.26 bits per heavy atom. The Balaban J connectivity index is 0.706. The summed E-state index contributed by atoms with van der Waals surface area (Å²) in [5.41, 5.74) is 31.8. The van der Waals surface area contributed by atoms with Crippen molar-refractivity contribution in [2.24, 2.45) is 0 Å². The minimum Gasteiger partial charge on any atom is -0.308 e. The van der Waals surface area contributed by atoms with E-state index in [1.54, 1.807) is 0 Å². The molecule has 8 aromatic heterocycles. The maximum Gasteiger partial charge on any atom is 0.0714 e. The van der Waals surface area contributed by atoms with Crippen molar-refractivity contribution in [1.82, 2.24) is 17.6 Å². The average molecular weight is 1290 g/mol. The molecule has 0 aliphatic heterocycles. The van der Waals surface area contributed by atoms with Crippen molar-refractivity contribution in [3.8, 4) is 33.4 Å². The molecule has 2 aliphatic carbocycles. The Bertz CT molecular complexity index is 7800. The summed E-state index contributed by atoms with van der Waals surface area (Å²) in [6.45, 7) is 0. The van der Waals surface area contributed by atoms with Gasteiger partial charge in [0, 0.05) is 86.2 Å². The first-order chi connectivity index (χ1) is 50.7. The Morgan fingerprint density at radius 2 is 0.608 bits per heavy atom. The monoisotopic (exact) mass is 1290 g/mol. The van der Waals surface area contributed by atoms with Crippen molar-refractivity contribution in [2.75, 3.05) is 0 Å². The smallest absolute Gasteiger partial charge is 0.0714 e. The SMILES string of the molecule is c1ccc(C2(c3ccc(-c4cccc5c4c4cccc6c7c8c9ccccc9n9c%10ccc%11c(c%10c(cc7n5c46)c89)-c4ccccc4C%11(c4ccccc4)c4ccccc4)cc3)c3ccccc3-c3cc4c5cc6c(c7cccc8c9ccccc9n6c87)c6c7ccccc7n(c4cc32)c56)cc1. The van der Waals surface area contributed by atoms with Crippen LogP contribution in [0.1, 0.15) is 44.5 Å². The molecular formula is C98H54N4. The van der Waals surface area contributed by atoms with Gasteiger partial charge in [0.25, 0.3) is 0 Å². The highest BCUT2D eigenvalue weighted by molar-refractivity contribution is 6.41. The summed E-state index contributed by atoms with van der Waals surface area (Å²) in [6.07, 6.45) is 0. The standard InChI is InChI=1S/C98H54N4/c1-4-23-56(24-5-1)97(57-25-6-2-7-26-57)75-40-16-11-31-64(75)87-76(97)49-50-82-90(87)73-53-85-89(92-65-32-13-18-42-79(65)99(82)96(73)92)69-38-21-36-67-86-60(34-22-44-81(86)102(85)94(67)69)55-45-47-59(48-46-55)98(58-27-8-3-9-28-58)74-39-15-10-29-61(74)70-51-71-72-52-84-88(68-37-20-35-63-62-30-12-17-41-78(62)101(84)93(63)68)91-66-33-14-19-43-80(66)100(95(72)91)83(71)54-77(70)98/h1-54H. The highest BCUT2D eigenvalue weighted by Crippen LogP contribution is 2.62. The van der Waals surface area contributed by atoms with Crippen molar-refractivity contribution < 1.29 is 0 Å². The summed E-state index contributed by atoms with van der Waals surface area (Å²) in [5.74, 6) is 0. The van der Waals surface area contributed by atoms with Gasteiger partial charge in [0.05, 0.1) is 77.0 Å². The van der Waals surface area contributed by atoms with Gasteiger partial charge < -0.3 is 17.6 Å². The molecule has 466 valence electrons. The number of benzene rings is 16. The molecular weight excluding hydrogens is 1230 g/mol.